The molecular weight excluding hydrogens is 286 g/mol. The van der Waals surface area contributed by atoms with Gasteiger partial charge in [0.25, 0.3) is 5.91 Å². The first-order valence-corrected chi connectivity index (χ1v) is 6.96. The lowest BCUT2D eigenvalue weighted by molar-refractivity contribution is 0.0954. The summed E-state index contributed by atoms with van der Waals surface area (Å²) in [6.07, 6.45) is 1.60. The molecule has 0 saturated heterocycles. The molecule has 0 atom stereocenters. The van der Waals surface area contributed by atoms with E-state index in [4.69, 9.17) is 5.73 Å². The third-order valence-electron chi connectivity index (χ3n) is 2.69. The predicted octanol–water partition coefficient (Wildman–Crippen LogP) is 1.74. The predicted molar refractivity (Wildman–Crippen MR) is 82.0 cm³/mol. The first kappa shape index (κ1) is 13.2. The molecule has 0 spiro atoms. The third-order valence-corrected chi connectivity index (χ3v) is 3.73. The van der Waals surface area contributed by atoms with Crippen molar-refractivity contribution in [2.24, 2.45) is 10.8 Å². The molecule has 0 fully saturated rings. The molecule has 6 nitrogen and oxygen atoms in total. The Morgan fingerprint density at radius 1 is 1.19 bits per heavy atom. The van der Waals surface area contributed by atoms with Gasteiger partial charge in [0.1, 0.15) is 5.69 Å². The smallest absolute Gasteiger partial charge is 0.300 e. The molecule has 3 aromatic rings. The molecule has 3 N–H and O–H groups in total. The Bertz CT molecular complexity index is 779. The number of hydrogen-bond donors (Lipinski definition) is 2. The summed E-state index contributed by atoms with van der Waals surface area (Å²) in [4.78, 5) is 20.3. The van der Waals surface area contributed by atoms with E-state index >= 15 is 0 Å². The van der Waals surface area contributed by atoms with Crippen molar-refractivity contribution in [1.29, 1.82) is 0 Å². The second-order valence-corrected chi connectivity index (χ2v) is 5.17. The van der Waals surface area contributed by atoms with Gasteiger partial charge in [-0.2, -0.15) is 5.10 Å². The lowest BCUT2D eigenvalue weighted by atomic mass is 10.3. The highest BCUT2D eigenvalue weighted by Crippen LogP contribution is 2.21. The van der Waals surface area contributed by atoms with Crippen LogP contribution in [0, 0.1) is 0 Å². The van der Waals surface area contributed by atoms with E-state index in [1.807, 2.05) is 24.3 Å². The van der Waals surface area contributed by atoms with E-state index in [9.17, 15) is 4.79 Å². The van der Waals surface area contributed by atoms with Crippen LogP contribution >= 0.6 is 11.3 Å². The summed E-state index contributed by atoms with van der Waals surface area (Å²) in [5.41, 5.74) is 9.43. The topological polar surface area (TPSA) is 93.3 Å². The van der Waals surface area contributed by atoms with E-state index < -0.39 is 5.91 Å². The van der Waals surface area contributed by atoms with Crippen LogP contribution < -0.4 is 11.2 Å². The number of carbonyl (C=O) groups excluding carboxylic acids is 1. The van der Waals surface area contributed by atoms with Crippen LogP contribution in [0.2, 0.25) is 0 Å². The van der Waals surface area contributed by atoms with E-state index in [-0.39, 0.29) is 5.84 Å². The molecule has 0 bridgehead atoms. The van der Waals surface area contributed by atoms with Crippen molar-refractivity contribution in [2.45, 2.75) is 0 Å². The maximum atomic E-state index is 12.0. The van der Waals surface area contributed by atoms with Crippen molar-refractivity contribution in [2.75, 3.05) is 0 Å². The molecular formula is C14H11N5OS. The molecule has 0 saturated carbocycles. The Balaban J connectivity index is 1.77. The maximum absolute atomic E-state index is 12.0. The Kier molecular flexibility index (Phi) is 3.57. The normalized spacial score (nSPS) is 11.5. The molecule has 2 heterocycles. The average molecular weight is 297 g/mol. The monoisotopic (exact) mass is 297 g/mol. The number of carbonyl (C=O) groups is 1. The lowest BCUT2D eigenvalue weighted by Gasteiger charge is -1.99. The van der Waals surface area contributed by atoms with Crippen molar-refractivity contribution in [3.05, 3.63) is 59.4 Å². The van der Waals surface area contributed by atoms with Gasteiger partial charge in [0, 0.05) is 6.20 Å². The highest BCUT2D eigenvalue weighted by atomic mass is 32.1. The summed E-state index contributed by atoms with van der Waals surface area (Å²) in [5, 5.41) is 4.18. The van der Waals surface area contributed by atoms with Gasteiger partial charge in [-0.25, -0.2) is 10.4 Å². The number of para-hydroxylation sites is 1. The van der Waals surface area contributed by atoms with Crippen LogP contribution in [0.15, 0.2) is 53.8 Å². The first-order valence-electron chi connectivity index (χ1n) is 6.14. The number of nitrogens with one attached hydrogen (secondary N) is 1. The molecule has 0 unspecified atom stereocenters. The Morgan fingerprint density at radius 2 is 2.00 bits per heavy atom. The highest BCUT2D eigenvalue weighted by molar-refractivity contribution is 7.20. The number of hydrogen-bond acceptors (Lipinski definition) is 5. The number of amidine groups is 1. The van der Waals surface area contributed by atoms with Crippen molar-refractivity contribution in [3.63, 3.8) is 0 Å². The lowest BCUT2D eigenvalue weighted by Crippen LogP contribution is -2.24. The quantitative estimate of drug-likeness (QED) is 0.437. The molecule has 1 amide bonds. The number of nitrogens with two attached hydrogens (primary N) is 1. The summed E-state index contributed by atoms with van der Waals surface area (Å²) >= 11 is 1.30. The van der Waals surface area contributed by atoms with Crippen LogP contribution in [-0.4, -0.2) is 21.7 Å². The van der Waals surface area contributed by atoms with Crippen LogP contribution in [0.1, 0.15) is 15.5 Å². The molecule has 0 aliphatic carbocycles. The standard InChI is InChI=1S/C14H11N5OS/c15-12(10-6-3-4-8-16-10)18-19-13(20)14-17-9-5-1-2-7-11(9)21-14/h1-8H,(H2,15,18)(H,19,20). The summed E-state index contributed by atoms with van der Waals surface area (Å²) in [5.74, 6) is -0.250. The SMILES string of the molecule is N/C(=N\NC(=O)c1nc2ccccc2s1)c1ccccn1. The fourth-order valence-corrected chi connectivity index (χ4v) is 2.56. The number of amides is 1. The summed E-state index contributed by atoms with van der Waals surface area (Å²) in [6.45, 7) is 0. The molecule has 7 heteroatoms. The van der Waals surface area contributed by atoms with Gasteiger partial charge in [-0.05, 0) is 24.3 Å². The van der Waals surface area contributed by atoms with Crippen molar-refractivity contribution >= 4 is 33.3 Å². The van der Waals surface area contributed by atoms with E-state index in [1.54, 1.807) is 24.4 Å². The second kappa shape index (κ2) is 5.68. The van der Waals surface area contributed by atoms with E-state index in [0.717, 1.165) is 10.2 Å². The summed E-state index contributed by atoms with van der Waals surface area (Å²) < 4.78 is 0.948. The first-order chi connectivity index (χ1) is 10.2. The zero-order valence-electron chi connectivity index (χ0n) is 10.9. The number of hydrazone groups is 1. The number of benzene rings is 1. The minimum Gasteiger partial charge on any atom is -0.380 e. The van der Waals surface area contributed by atoms with Crippen LogP contribution in [-0.2, 0) is 0 Å². The van der Waals surface area contributed by atoms with Gasteiger partial charge in [-0.15, -0.1) is 11.3 Å². The Labute approximate surface area is 124 Å². The number of rotatable bonds is 3. The second-order valence-electron chi connectivity index (χ2n) is 4.14. The van der Waals surface area contributed by atoms with Crippen molar-refractivity contribution < 1.29 is 4.79 Å². The largest absolute Gasteiger partial charge is 0.380 e. The molecule has 0 radical (unpaired) electrons. The summed E-state index contributed by atoms with van der Waals surface area (Å²) in [6, 6.07) is 12.8. The van der Waals surface area contributed by atoms with Gasteiger partial charge in [0.05, 0.1) is 10.2 Å². The minimum atomic E-state index is -0.393. The zero-order chi connectivity index (χ0) is 14.7. The molecule has 104 valence electrons. The van der Waals surface area contributed by atoms with E-state index in [2.05, 4.69) is 20.5 Å². The van der Waals surface area contributed by atoms with Gasteiger partial charge >= 0.3 is 0 Å². The van der Waals surface area contributed by atoms with Gasteiger partial charge < -0.3 is 5.73 Å². The molecule has 0 aliphatic heterocycles. The number of aromatic nitrogens is 2. The molecule has 3 rings (SSSR count). The maximum Gasteiger partial charge on any atom is 0.300 e. The van der Waals surface area contributed by atoms with Crippen LogP contribution in [0.5, 0.6) is 0 Å². The van der Waals surface area contributed by atoms with Gasteiger partial charge in [0.2, 0.25) is 0 Å². The number of fused-ring (bicyclic) bond motifs is 1. The summed E-state index contributed by atoms with van der Waals surface area (Å²) in [7, 11) is 0. The van der Waals surface area contributed by atoms with E-state index in [0.29, 0.717) is 10.7 Å². The Hall–Kier alpha value is -2.80. The Morgan fingerprint density at radius 3 is 2.76 bits per heavy atom. The van der Waals surface area contributed by atoms with Gasteiger partial charge in [0.15, 0.2) is 10.8 Å². The zero-order valence-corrected chi connectivity index (χ0v) is 11.7. The third kappa shape index (κ3) is 2.87. The average Bonchev–Trinajstić information content (AvgIpc) is 2.97. The van der Waals surface area contributed by atoms with Crippen molar-refractivity contribution in [1.82, 2.24) is 15.4 Å². The fourth-order valence-electron chi connectivity index (χ4n) is 1.70. The van der Waals surface area contributed by atoms with Crippen LogP contribution in [0.4, 0.5) is 0 Å². The molecule has 0 aliphatic rings. The molecule has 21 heavy (non-hydrogen) atoms. The number of nitrogens with zero attached hydrogens (tertiary/aromatic N) is 3. The number of pyridine rings is 1. The van der Waals surface area contributed by atoms with Crippen LogP contribution in [0.25, 0.3) is 10.2 Å². The van der Waals surface area contributed by atoms with Gasteiger partial charge in [-0.1, -0.05) is 18.2 Å². The molecule has 1 aromatic carbocycles. The van der Waals surface area contributed by atoms with Gasteiger partial charge in [-0.3, -0.25) is 9.78 Å². The minimum absolute atomic E-state index is 0.144. The number of thiazole rings is 1. The van der Waals surface area contributed by atoms with E-state index in [1.165, 1.54) is 11.3 Å². The fraction of sp³-hybridized carbons (Fsp3) is 0. The van der Waals surface area contributed by atoms with Crippen LogP contribution in [0.3, 0.4) is 0 Å². The molecule has 2 aromatic heterocycles. The highest BCUT2D eigenvalue weighted by Gasteiger charge is 2.11. The van der Waals surface area contributed by atoms with Crippen molar-refractivity contribution in [3.8, 4) is 0 Å².